The molecule has 1 aromatic carbocycles. The van der Waals surface area contributed by atoms with Gasteiger partial charge in [-0.2, -0.15) is 0 Å². The lowest BCUT2D eigenvalue weighted by Crippen LogP contribution is -2.04. The summed E-state index contributed by atoms with van der Waals surface area (Å²) in [6.45, 7) is 7.72. The molecular weight excluding hydrogens is 162 g/mol. The van der Waals surface area contributed by atoms with E-state index in [1.165, 1.54) is 0 Å². The van der Waals surface area contributed by atoms with Crippen LogP contribution in [0.1, 0.15) is 5.56 Å². The Morgan fingerprint density at radius 3 is 2.38 bits per heavy atom. The van der Waals surface area contributed by atoms with Crippen LogP contribution in [0.15, 0.2) is 49.2 Å². The monoisotopic (exact) mass is 175 g/mol. The van der Waals surface area contributed by atoms with E-state index < -0.39 is 0 Å². The molecule has 1 aromatic rings. The quantitative estimate of drug-likeness (QED) is 0.711. The molecule has 0 atom stereocenters. The minimum absolute atomic E-state index is 0.311. The molecule has 0 saturated carbocycles. The summed E-state index contributed by atoms with van der Waals surface area (Å²) in [5.41, 5.74) is 6.27. The summed E-state index contributed by atoms with van der Waals surface area (Å²) in [6.07, 6.45) is 0. The van der Waals surface area contributed by atoms with Crippen LogP contribution >= 0.6 is 0 Å². The molecule has 2 nitrogen and oxygen atoms in total. The predicted molar refractivity (Wildman–Crippen MR) is 54.8 cm³/mol. The highest BCUT2D eigenvalue weighted by molar-refractivity contribution is 5.57. The predicted octanol–water partition coefficient (Wildman–Crippen LogP) is 2.15. The average Bonchev–Trinajstić information content (AvgIpc) is 2.19. The highest BCUT2D eigenvalue weighted by atomic mass is 16.5. The maximum absolute atomic E-state index is 5.33. The fourth-order valence-corrected chi connectivity index (χ4v) is 0.899. The van der Waals surface area contributed by atoms with Crippen LogP contribution in [0, 0.1) is 0 Å². The Bertz CT molecular complexity index is 303. The molecule has 0 unspecified atom stereocenters. The van der Waals surface area contributed by atoms with Crippen molar-refractivity contribution in [2.75, 3.05) is 6.54 Å². The van der Waals surface area contributed by atoms with E-state index in [1.807, 2.05) is 30.3 Å². The Kier molecular flexibility index (Phi) is 3.29. The van der Waals surface area contributed by atoms with Crippen LogP contribution < -0.4 is 5.73 Å². The van der Waals surface area contributed by atoms with Crippen LogP contribution in [0.25, 0.3) is 5.76 Å². The van der Waals surface area contributed by atoms with Crippen LogP contribution in [0.2, 0.25) is 0 Å². The van der Waals surface area contributed by atoms with E-state index in [0.29, 0.717) is 18.1 Å². The normalized spacial score (nSPS) is 9.31. The number of hydrogen-bond donors (Lipinski definition) is 1. The van der Waals surface area contributed by atoms with Gasteiger partial charge in [-0.25, -0.2) is 0 Å². The molecule has 0 aliphatic carbocycles. The van der Waals surface area contributed by atoms with Crippen LogP contribution in [0.4, 0.5) is 0 Å². The Morgan fingerprint density at radius 2 is 1.85 bits per heavy atom. The summed E-state index contributed by atoms with van der Waals surface area (Å²) in [6, 6.07) is 9.64. The SMILES string of the molecule is C=C(CN)OC(=C)c1ccccc1. The van der Waals surface area contributed by atoms with Gasteiger partial charge in [0.15, 0.2) is 0 Å². The number of nitrogens with two attached hydrogens (primary N) is 1. The van der Waals surface area contributed by atoms with Crippen molar-refractivity contribution >= 4 is 5.76 Å². The van der Waals surface area contributed by atoms with Gasteiger partial charge < -0.3 is 10.5 Å². The largest absolute Gasteiger partial charge is 0.461 e. The first-order valence-corrected chi connectivity index (χ1v) is 4.04. The lowest BCUT2D eigenvalue weighted by Gasteiger charge is -2.08. The molecule has 2 N–H and O–H groups in total. The molecule has 13 heavy (non-hydrogen) atoms. The molecule has 0 aromatic heterocycles. The van der Waals surface area contributed by atoms with Crippen molar-refractivity contribution in [3.05, 3.63) is 54.8 Å². The molecule has 0 aliphatic heterocycles. The second-order valence-corrected chi connectivity index (χ2v) is 2.63. The Hall–Kier alpha value is -1.54. The highest BCUT2D eigenvalue weighted by Gasteiger charge is 1.99. The van der Waals surface area contributed by atoms with E-state index in [9.17, 15) is 0 Å². The molecule has 0 heterocycles. The summed E-state index contributed by atoms with van der Waals surface area (Å²) in [4.78, 5) is 0. The van der Waals surface area contributed by atoms with E-state index in [-0.39, 0.29) is 0 Å². The Balaban J connectivity index is 2.65. The molecule has 0 aliphatic rings. The van der Waals surface area contributed by atoms with Crippen molar-refractivity contribution in [3.63, 3.8) is 0 Å². The molecule has 0 saturated heterocycles. The van der Waals surface area contributed by atoms with Gasteiger partial charge in [-0.15, -0.1) is 0 Å². The van der Waals surface area contributed by atoms with Gasteiger partial charge in [-0.05, 0) is 0 Å². The summed E-state index contributed by atoms with van der Waals surface area (Å²) >= 11 is 0. The van der Waals surface area contributed by atoms with Gasteiger partial charge in [0.25, 0.3) is 0 Å². The molecule has 0 spiro atoms. The van der Waals surface area contributed by atoms with Crippen LogP contribution in [0.3, 0.4) is 0 Å². The molecule has 1 rings (SSSR count). The zero-order valence-electron chi connectivity index (χ0n) is 7.49. The maximum Gasteiger partial charge on any atom is 0.127 e. The highest BCUT2D eigenvalue weighted by Crippen LogP contribution is 2.15. The molecular formula is C11H13NO. The van der Waals surface area contributed by atoms with Gasteiger partial charge in [0, 0.05) is 5.56 Å². The van der Waals surface area contributed by atoms with Crippen molar-refractivity contribution in [3.8, 4) is 0 Å². The molecule has 2 heteroatoms. The minimum atomic E-state index is 0.311. The zero-order chi connectivity index (χ0) is 9.68. The van der Waals surface area contributed by atoms with E-state index in [4.69, 9.17) is 10.5 Å². The van der Waals surface area contributed by atoms with Gasteiger partial charge in [0.05, 0.1) is 6.54 Å². The zero-order valence-corrected chi connectivity index (χ0v) is 7.49. The summed E-state index contributed by atoms with van der Waals surface area (Å²) in [5, 5.41) is 0. The summed E-state index contributed by atoms with van der Waals surface area (Å²) in [5.74, 6) is 1.10. The van der Waals surface area contributed by atoms with Gasteiger partial charge >= 0.3 is 0 Å². The smallest absolute Gasteiger partial charge is 0.127 e. The lowest BCUT2D eigenvalue weighted by atomic mass is 10.2. The fraction of sp³-hybridized carbons (Fsp3) is 0.0909. The summed E-state index contributed by atoms with van der Waals surface area (Å²) < 4.78 is 5.27. The standard InChI is InChI=1S/C11H13NO/c1-9(8-12)13-10(2)11-6-4-3-5-7-11/h3-7H,1-2,8,12H2. The average molecular weight is 175 g/mol. The third-order valence-corrected chi connectivity index (χ3v) is 1.59. The third kappa shape index (κ3) is 2.76. The summed E-state index contributed by atoms with van der Waals surface area (Å²) in [7, 11) is 0. The minimum Gasteiger partial charge on any atom is -0.461 e. The van der Waals surface area contributed by atoms with Crippen LogP contribution in [-0.4, -0.2) is 6.54 Å². The van der Waals surface area contributed by atoms with Gasteiger partial charge in [-0.3, -0.25) is 0 Å². The number of ether oxygens (including phenoxy) is 1. The first kappa shape index (κ1) is 9.55. The van der Waals surface area contributed by atoms with Crippen molar-refractivity contribution < 1.29 is 4.74 Å². The molecule has 0 bridgehead atoms. The second-order valence-electron chi connectivity index (χ2n) is 2.63. The van der Waals surface area contributed by atoms with E-state index in [2.05, 4.69) is 13.2 Å². The first-order chi connectivity index (χ1) is 6.24. The van der Waals surface area contributed by atoms with Crippen molar-refractivity contribution in [1.82, 2.24) is 0 Å². The van der Waals surface area contributed by atoms with Crippen LogP contribution in [-0.2, 0) is 4.74 Å². The van der Waals surface area contributed by atoms with Gasteiger partial charge in [-0.1, -0.05) is 43.5 Å². The van der Waals surface area contributed by atoms with E-state index in [1.54, 1.807) is 0 Å². The Labute approximate surface area is 78.3 Å². The number of hydrogen-bond acceptors (Lipinski definition) is 2. The van der Waals surface area contributed by atoms with E-state index in [0.717, 1.165) is 5.56 Å². The van der Waals surface area contributed by atoms with Crippen molar-refractivity contribution in [2.24, 2.45) is 5.73 Å². The molecule has 0 fully saturated rings. The third-order valence-electron chi connectivity index (χ3n) is 1.59. The first-order valence-electron chi connectivity index (χ1n) is 4.04. The number of rotatable bonds is 4. The topological polar surface area (TPSA) is 35.2 Å². The second kappa shape index (κ2) is 4.48. The van der Waals surface area contributed by atoms with Crippen molar-refractivity contribution in [2.45, 2.75) is 0 Å². The van der Waals surface area contributed by atoms with Gasteiger partial charge in [0.1, 0.15) is 11.5 Å². The maximum atomic E-state index is 5.33. The van der Waals surface area contributed by atoms with Crippen LogP contribution in [0.5, 0.6) is 0 Å². The molecule has 0 radical (unpaired) electrons. The van der Waals surface area contributed by atoms with Crippen molar-refractivity contribution in [1.29, 1.82) is 0 Å². The molecule has 68 valence electrons. The molecule has 0 amide bonds. The number of benzene rings is 1. The lowest BCUT2D eigenvalue weighted by molar-refractivity contribution is 0.379. The fourth-order valence-electron chi connectivity index (χ4n) is 0.899. The Morgan fingerprint density at radius 1 is 1.23 bits per heavy atom. The van der Waals surface area contributed by atoms with E-state index >= 15 is 0 Å². The van der Waals surface area contributed by atoms with Gasteiger partial charge in [0.2, 0.25) is 0 Å².